The first-order valence-corrected chi connectivity index (χ1v) is 11.8. The molecule has 1 heterocycles. The van der Waals surface area contributed by atoms with E-state index in [1.54, 1.807) is 30.3 Å². The topological polar surface area (TPSA) is 63.6 Å². The number of Topliss-reactive ketones (excluding diaryl/α,β-unsaturated/α-hetero) is 2. The zero-order chi connectivity index (χ0) is 24.5. The summed E-state index contributed by atoms with van der Waals surface area (Å²) in [5.41, 5.74) is 1.75. The van der Waals surface area contributed by atoms with Gasteiger partial charge < -0.3 is 9.84 Å². The number of rotatable bonds is 5. The molecule has 3 atom stereocenters. The van der Waals surface area contributed by atoms with Gasteiger partial charge in [0.05, 0.1) is 23.0 Å². The number of carbonyl (C=O) groups excluding carboxylic acids is 2. The predicted octanol–water partition coefficient (Wildman–Crippen LogP) is 7.30. The van der Waals surface area contributed by atoms with Crippen LogP contribution in [0.15, 0.2) is 97.1 Å². The van der Waals surface area contributed by atoms with E-state index in [-0.39, 0.29) is 17.1 Å². The highest BCUT2D eigenvalue weighted by atomic mass is 35.5. The highest BCUT2D eigenvalue weighted by Gasteiger charge is 2.46. The SMILES string of the molecule is O=C1c2cc(Cl)ccc2O[C@@H](c2ccccc2)[C@@H]1[C@@H](C(=O)c1cc(Cl)ccc1O)c1ccccc1. The lowest BCUT2D eigenvalue weighted by molar-refractivity contribution is 0.0548. The van der Waals surface area contributed by atoms with Crippen molar-refractivity contribution in [3.05, 3.63) is 129 Å². The summed E-state index contributed by atoms with van der Waals surface area (Å²) in [6, 6.07) is 27.6. The lowest BCUT2D eigenvalue weighted by atomic mass is 9.71. The minimum absolute atomic E-state index is 0.0443. The fourth-order valence-corrected chi connectivity index (χ4v) is 4.97. The van der Waals surface area contributed by atoms with E-state index >= 15 is 0 Å². The molecule has 0 aromatic heterocycles. The molecule has 0 saturated heterocycles. The van der Waals surface area contributed by atoms with Gasteiger partial charge in [-0.25, -0.2) is 0 Å². The third-order valence-corrected chi connectivity index (χ3v) is 6.71. The Morgan fingerprint density at radius 1 is 0.829 bits per heavy atom. The van der Waals surface area contributed by atoms with Crippen molar-refractivity contribution in [3.8, 4) is 11.5 Å². The minimum Gasteiger partial charge on any atom is -0.507 e. The second kappa shape index (κ2) is 9.57. The third kappa shape index (κ3) is 4.43. The van der Waals surface area contributed by atoms with Crippen LogP contribution >= 0.6 is 23.2 Å². The maximum Gasteiger partial charge on any atom is 0.174 e. The highest BCUT2D eigenvalue weighted by molar-refractivity contribution is 6.31. The molecule has 1 N–H and O–H groups in total. The molecule has 0 aliphatic carbocycles. The molecule has 0 fully saturated rings. The molecule has 4 aromatic carbocycles. The molecule has 0 bridgehead atoms. The quantitative estimate of drug-likeness (QED) is 0.291. The largest absolute Gasteiger partial charge is 0.507 e. The van der Waals surface area contributed by atoms with Crippen LogP contribution in [-0.2, 0) is 0 Å². The van der Waals surface area contributed by atoms with Crippen LogP contribution in [0.1, 0.15) is 43.9 Å². The van der Waals surface area contributed by atoms with Gasteiger partial charge in [-0.15, -0.1) is 0 Å². The highest BCUT2D eigenvalue weighted by Crippen LogP contribution is 2.47. The molecule has 0 amide bonds. The fraction of sp³-hybridized carbons (Fsp3) is 0.103. The maximum atomic E-state index is 14.1. The number of ether oxygens (including phenoxy) is 1. The maximum absolute atomic E-state index is 14.1. The average Bonchev–Trinajstić information content (AvgIpc) is 2.88. The van der Waals surface area contributed by atoms with E-state index in [1.165, 1.54) is 18.2 Å². The van der Waals surface area contributed by atoms with Crippen LogP contribution in [0.2, 0.25) is 10.0 Å². The Morgan fingerprint density at radius 3 is 2.17 bits per heavy atom. The van der Waals surface area contributed by atoms with Crippen molar-refractivity contribution in [2.75, 3.05) is 0 Å². The zero-order valence-electron chi connectivity index (χ0n) is 18.4. The van der Waals surface area contributed by atoms with Crippen LogP contribution in [-0.4, -0.2) is 16.7 Å². The first-order valence-electron chi connectivity index (χ1n) is 11.1. The van der Waals surface area contributed by atoms with Gasteiger partial charge in [0.15, 0.2) is 11.6 Å². The third-order valence-electron chi connectivity index (χ3n) is 6.24. The number of aromatic hydroxyl groups is 1. The van der Waals surface area contributed by atoms with Crippen LogP contribution in [0.4, 0.5) is 0 Å². The molecule has 0 unspecified atom stereocenters. The first-order chi connectivity index (χ1) is 16.9. The summed E-state index contributed by atoms with van der Waals surface area (Å²) in [4.78, 5) is 28.1. The van der Waals surface area contributed by atoms with Crippen molar-refractivity contribution in [1.82, 2.24) is 0 Å². The van der Waals surface area contributed by atoms with Gasteiger partial charge in [-0.2, -0.15) is 0 Å². The van der Waals surface area contributed by atoms with Crippen LogP contribution < -0.4 is 4.74 Å². The van der Waals surface area contributed by atoms with E-state index in [1.807, 2.05) is 48.5 Å². The van der Waals surface area contributed by atoms with Gasteiger partial charge >= 0.3 is 0 Å². The van der Waals surface area contributed by atoms with Crippen LogP contribution in [0.3, 0.4) is 0 Å². The number of hydrogen-bond acceptors (Lipinski definition) is 4. The number of halogens is 2. The Kier molecular flexibility index (Phi) is 6.33. The monoisotopic (exact) mass is 502 g/mol. The van der Waals surface area contributed by atoms with Crippen molar-refractivity contribution >= 4 is 34.8 Å². The summed E-state index contributed by atoms with van der Waals surface area (Å²) in [5, 5.41) is 11.2. The van der Waals surface area contributed by atoms with Gasteiger partial charge in [-0.3, -0.25) is 9.59 Å². The molecular formula is C29H20Cl2O4. The van der Waals surface area contributed by atoms with Crippen LogP contribution in [0, 0.1) is 5.92 Å². The molecule has 0 radical (unpaired) electrons. The summed E-state index contributed by atoms with van der Waals surface area (Å²) in [7, 11) is 0. The number of phenols is 1. The summed E-state index contributed by atoms with van der Waals surface area (Å²) in [5.74, 6) is -2.35. The Labute approximate surface area is 212 Å². The zero-order valence-corrected chi connectivity index (χ0v) is 19.9. The molecule has 35 heavy (non-hydrogen) atoms. The first kappa shape index (κ1) is 23.2. The van der Waals surface area contributed by atoms with E-state index in [9.17, 15) is 14.7 Å². The van der Waals surface area contributed by atoms with Crippen molar-refractivity contribution in [3.63, 3.8) is 0 Å². The minimum atomic E-state index is -0.953. The molecule has 174 valence electrons. The average molecular weight is 503 g/mol. The Balaban J connectivity index is 1.73. The fourth-order valence-electron chi connectivity index (χ4n) is 4.62. The molecule has 6 heteroatoms. The Hall–Kier alpha value is -3.60. The standard InChI is InChI=1S/C29H20Cl2O4/c30-19-11-13-23(32)21(15-19)27(33)25(17-7-3-1-4-8-17)26-28(34)22-16-20(31)12-14-24(22)35-29(26)18-9-5-2-6-10-18/h1-16,25-26,29,32H/t25-,26+,29-/m0/s1. The lowest BCUT2D eigenvalue weighted by Gasteiger charge is -2.37. The summed E-state index contributed by atoms with van der Waals surface area (Å²) >= 11 is 12.4. The van der Waals surface area contributed by atoms with Gasteiger partial charge in [0.2, 0.25) is 0 Å². The molecule has 5 rings (SSSR count). The van der Waals surface area contributed by atoms with Crippen molar-refractivity contribution in [1.29, 1.82) is 0 Å². The van der Waals surface area contributed by atoms with Crippen molar-refractivity contribution in [2.45, 2.75) is 12.0 Å². The number of carbonyl (C=O) groups is 2. The van der Waals surface area contributed by atoms with Gasteiger partial charge in [0.25, 0.3) is 0 Å². The predicted molar refractivity (Wildman–Crippen MR) is 136 cm³/mol. The molecule has 1 aliphatic rings. The van der Waals surface area contributed by atoms with E-state index in [4.69, 9.17) is 27.9 Å². The Bertz CT molecular complexity index is 1400. The summed E-state index contributed by atoms with van der Waals surface area (Å²) in [6.45, 7) is 0. The lowest BCUT2D eigenvalue weighted by Crippen LogP contribution is -2.39. The van der Waals surface area contributed by atoms with E-state index in [0.717, 1.165) is 5.56 Å². The number of hydrogen-bond donors (Lipinski definition) is 1. The van der Waals surface area contributed by atoms with Gasteiger partial charge in [-0.1, -0.05) is 83.9 Å². The number of benzene rings is 4. The number of ketones is 2. The smallest absolute Gasteiger partial charge is 0.174 e. The molecule has 1 aliphatic heterocycles. The van der Waals surface area contributed by atoms with E-state index < -0.39 is 23.7 Å². The second-order valence-corrected chi connectivity index (χ2v) is 9.27. The van der Waals surface area contributed by atoms with E-state index in [2.05, 4.69) is 0 Å². The molecule has 4 aromatic rings. The second-order valence-electron chi connectivity index (χ2n) is 8.39. The van der Waals surface area contributed by atoms with Crippen LogP contribution in [0.25, 0.3) is 0 Å². The normalized spacial score (nSPS) is 17.8. The molecule has 0 spiro atoms. The Morgan fingerprint density at radius 2 is 1.46 bits per heavy atom. The van der Waals surface area contributed by atoms with Crippen molar-refractivity contribution in [2.24, 2.45) is 5.92 Å². The number of fused-ring (bicyclic) bond motifs is 1. The number of phenolic OH excluding ortho intramolecular Hbond substituents is 1. The van der Waals surface area contributed by atoms with Crippen LogP contribution in [0.5, 0.6) is 11.5 Å². The summed E-state index contributed by atoms with van der Waals surface area (Å²) in [6.07, 6.45) is -0.743. The summed E-state index contributed by atoms with van der Waals surface area (Å²) < 4.78 is 6.38. The molecule has 4 nitrogen and oxygen atoms in total. The van der Waals surface area contributed by atoms with Crippen molar-refractivity contribution < 1.29 is 19.4 Å². The van der Waals surface area contributed by atoms with Gasteiger partial charge in [-0.05, 0) is 47.5 Å². The molecular weight excluding hydrogens is 483 g/mol. The van der Waals surface area contributed by atoms with Gasteiger partial charge in [0.1, 0.15) is 17.6 Å². The van der Waals surface area contributed by atoms with E-state index in [0.29, 0.717) is 26.9 Å². The molecule has 0 saturated carbocycles. The van der Waals surface area contributed by atoms with Gasteiger partial charge in [0, 0.05) is 10.0 Å².